The van der Waals surface area contributed by atoms with Gasteiger partial charge in [0.2, 0.25) is 5.89 Å². The van der Waals surface area contributed by atoms with Crippen LogP contribution in [0.3, 0.4) is 0 Å². The van der Waals surface area contributed by atoms with E-state index in [0.717, 1.165) is 6.07 Å². The quantitative estimate of drug-likeness (QED) is 0.361. The van der Waals surface area contributed by atoms with Crippen molar-refractivity contribution in [3.63, 3.8) is 0 Å². The maximum absolute atomic E-state index is 13.6. The fourth-order valence-electron chi connectivity index (χ4n) is 3.59. The highest BCUT2D eigenvalue weighted by molar-refractivity contribution is 6.17. The third-order valence-corrected chi connectivity index (χ3v) is 6.12. The maximum atomic E-state index is 13.6. The first kappa shape index (κ1) is 28.7. The smallest absolute Gasteiger partial charge is 0.419 e. The number of nitrogens with one attached hydrogen (secondary N) is 2. The van der Waals surface area contributed by atoms with E-state index in [1.54, 1.807) is 6.92 Å². The number of hydrogen-bond acceptors (Lipinski definition) is 7. The Morgan fingerprint density at radius 2 is 2.00 bits per heavy atom. The first-order valence-electron chi connectivity index (χ1n) is 11.0. The van der Waals surface area contributed by atoms with Gasteiger partial charge in [0.25, 0.3) is 5.91 Å². The number of alkyl halides is 6. The summed E-state index contributed by atoms with van der Waals surface area (Å²) >= 11 is 0. The molecule has 3 rings (SSSR count). The summed E-state index contributed by atoms with van der Waals surface area (Å²) in [6, 6.07) is 1.83. The summed E-state index contributed by atoms with van der Waals surface area (Å²) < 4.78 is 103. The van der Waals surface area contributed by atoms with E-state index in [-0.39, 0.29) is 36.2 Å². The van der Waals surface area contributed by atoms with Gasteiger partial charge < -0.3 is 24.5 Å². The molecule has 1 aliphatic rings. The van der Waals surface area contributed by atoms with Crippen molar-refractivity contribution in [2.75, 3.05) is 19.8 Å². The van der Waals surface area contributed by atoms with E-state index in [1.807, 2.05) is 0 Å². The van der Waals surface area contributed by atoms with Crippen molar-refractivity contribution in [1.82, 2.24) is 20.8 Å². The number of amides is 1. The van der Waals surface area contributed by atoms with Gasteiger partial charge in [0.05, 0.1) is 28.1 Å². The first-order chi connectivity index (χ1) is 17.2. The minimum atomic E-state index is -4.85. The SMILES string of the molecule is CC(c1nnc(OCCC(F)(F)F)o1)C1CCC([Si])(NC(=O)COc2ccc(C(F)(F)F)c(F)c2)CN1. The van der Waals surface area contributed by atoms with Gasteiger partial charge in [0, 0.05) is 23.8 Å². The van der Waals surface area contributed by atoms with Crippen molar-refractivity contribution in [3.05, 3.63) is 35.5 Å². The molecule has 0 saturated carbocycles. The predicted octanol–water partition coefficient (Wildman–Crippen LogP) is 3.47. The highest BCUT2D eigenvalue weighted by Crippen LogP contribution is 2.33. The van der Waals surface area contributed by atoms with Gasteiger partial charge in [0.15, 0.2) is 6.61 Å². The molecule has 16 heteroatoms. The molecular formula is C21H22F7N4O4Si. The molecular weight excluding hydrogens is 533 g/mol. The van der Waals surface area contributed by atoms with Crippen molar-refractivity contribution in [3.8, 4) is 11.8 Å². The van der Waals surface area contributed by atoms with E-state index in [2.05, 4.69) is 31.1 Å². The van der Waals surface area contributed by atoms with Crippen LogP contribution in [-0.4, -0.2) is 63.5 Å². The second kappa shape index (κ2) is 11.2. The molecule has 0 spiro atoms. The molecule has 8 nitrogen and oxygen atoms in total. The van der Waals surface area contributed by atoms with Crippen LogP contribution >= 0.6 is 0 Å². The zero-order chi connectivity index (χ0) is 27.4. The monoisotopic (exact) mass is 555 g/mol. The number of aromatic nitrogens is 2. The molecule has 0 aliphatic carbocycles. The Hall–Kier alpha value is -2.88. The van der Waals surface area contributed by atoms with Crippen LogP contribution in [0, 0.1) is 5.82 Å². The molecule has 1 amide bonds. The van der Waals surface area contributed by atoms with Crippen LogP contribution in [0.25, 0.3) is 0 Å². The lowest BCUT2D eigenvalue weighted by molar-refractivity contribution is -0.141. The molecule has 0 bridgehead atoms. The van der Waals surface area contributed by atoms with Crippen molar-refractivity contribution < 1.29 is 49.4 Å². The Kier molecular flexibility index (Phi) is 8.72. The number of halogens is 7. The van der Waals surface area contributed by atoms with Gasteiger partial charge in [-0.3, -0.25) is 4.79 Å². The normalized spacial score (nSPS) is 21.4. The number of piperidine rings is 1. The summed E-state index contributed by atoms with van der Waals surface area (Å²) in [7, 11) is 3.51. The van der Waals surface area contributed by atoms with Gasteiger partial charge in [-0.1, -0.05) is 12.0 Å². The summed E-state index contributed by atoms with van der Waals surface area (Å²) in [6.45, 7) is 0.823. The number of nitrogens with zero attached hydrogens (tertiary/aromatic N) is 2. The first-order valence-corrected chi connectivity index (χ1v) is 11.5. The molecule has 1 saturated heterocycles. The zero-order valence-electron chi connectivity index (χ0n) is 19.3. The van der Waals surface area contributed by atoms with Gasteiger partial charge in [-0.25, -0.2) is 4.39 Å². The summed E-state index contributed by atoms with van der Waals surface area (Å²) in [5.41, 5.74) is -1.44. The maximum Gasteiger partial charge on any atom is 0.419 e. The lowest BCUT2D eigenvalue weighted by Gasteiger charge is -2.40. The van der Waals surface area contributed by atoms with E-state index >= 15 is 0 Å². The summed E-state index contributed by atoms with van der Waals surface area (Å²) in [6.07, 6.45) is -9.78. The molecule has 2 heterocycles. The molecule has 3 unspecified atom stereocenters. The molecule has 2 aromatic rings. The van der Waals surface area contributed by atoms with Gasteiger partial charge in [0.1, 0.15) is 18.2 Å². The standard InChI is InChI=1S/C21H22F7N4O4Si/c1-11(17-31-32-18(36-17)34-7-6-20(23,24)25)15-4-5-19(37,10-29-15)30-16(33)9-35-12-2-3-13(14(22)8-12)21(26,27)28/h2-3,8,11,15,29H,4-7,9-10H2,1H3,(H,30,33). The number of benzene rings is 1. The molecule has 37 heavy (non-hydrogen) atoms. The topological polar surface area (TPSA) is 98.5 Å². The number of rotatable bonds is 9. The number of carbonyl (C=O) groups excluding carboxylic acids is 1. The third-order valence-electron chi connectivity index (χ3n) is 5.57. The highest BCUT2D eigenvalue weighted by Gasteiger charge is 2.37. The lowest BCUT2D eigenvalue weighted by Crippen LogP contribution is -2.61. The Morgan fingerprint density at radius 3 is 2.59 bits per heavy atom. The minimum absolute atomic E-state index is 0.169. The van der Waals surface area contributed by atoms with E-state index < -0.39 is 54.4 Å². The van der Waals surface area contributed by atoms with Gasteiger partial charge in [-0.05, 0) is 25.0 Å². The van der Waals surface area contributed by atoms with E-state index in [4.69, 9.17) is 13.9 Å². The van der Waals surface area contributed by atoms with Crippen molar-refractivity contribution in [2.24, 2.45) is 0 Å². The molecule has 1 aromatic heterocycles. The number of ether oxygens (including phenoxy) is 2. The fourth-order valence-corrected chi connectivity index (χ4v) is 3.97. The van der Waals surface area contributed by atoms with Crippen LogP contribution in [0.5, 0.6) is 11.8 Å². The summed E-state index contributed by atoms with van der Waals surface area (Å²) in [5, 5.41) is 12.5. The minimum Gasteiger partial charge on any atom is -0.484 e. The zero-order valence-corrected chi connectivity index (χ0v) is 20.3. The number of carbonyl (C=O) groups is 1. The largest absolute Gasteiger partial charge is 0.484 e. The average Bonchev–Trinajstić information content (AvgIpc) is 3.25. The van der Waals surface area contributed by atoms with Gasteiger partial charge in [-0.2, -0.15) is 26.3 Å². The Bertz CT molecular complexity index is 1070. The molecule has 1 aromatic carbocycles. The second-order valence-corrected chi connectivity index (χ2v) is 9.45. The van der Waals surface area contributed by atoms with Crippen molar-refractivity contribution in [2.45, 2.75) is 55.7 Å². The van der Waals surface area contributed by atoms with Crippen LogP contribution in [0.1, 0.15) is 43.6 Å². The van der Waals surface area contributed by atoms with Crippen LogP contribution < -0.4 is 20.1 Å². The summed E-state index contributed by atoms with van der Waals surface area (Å²) in [5.74, 6) is -2.50. The second-order valence-electron chi connectivity index (χ2n) is 8.49. The predicted molar refractivity (Wildman–Crippen MR) is 113 cm³/mol. The van der Waals surface area contributed by atoms with E-state index in [1.165, 1.54) is 0 Å². The lowest BCUT2D eigenvalue weighted by atomic mass is 9.91. The van der Waals surface area contributed by atoms with Gasteiger partial charge >= 0.3 is 18.4 Å². The van der Waals surface area contributed by atoms with Gasteiger partial charge in [-0.15, -0.1) is 5.10 Å². The molecule has 3 radical (unpaired) electrons. The molecule has 1 aliphatic heterocycles. The fraction of sp³-hybridized carbons (Fsp3) is 0.571. The van der Waals surface area contributed by atoms with Crippen LogP contribution in [0.4, 0.5) is 30.7 Å². The summed E-state index contributed by atoms with van der Waals surface area (Å²) in [4.78, 5) is 12.3. The molecule has 3 atom stereocenters. The third kappa shape index (κ3) is 8.31. The van der Waals surface area contributed by atoms with Crippen molar-refractivity contribution >= 4 is 16.1 Å². The number of hydrogen-bond donors (Lipinski definition) is 2. The van der Waals surface area contributed by atoms with E-state index in [0.29, 0.717) is 25.0 Å². The average molecular weight is 556 g/mol. The molecule has 1 fully saturated rings. The van der Waals surface area contributed by atoms with Crippen LogP contribution in [-0.2, 0) is 11.0 Å². The van der Waals surface area contributed by atoms with Crippen LogP contribution in [0.15, 0.2) is 22.6 Å². The van der Waals surface area contributed by atoms with Crippen LogP contribution in [0.2, 0.25) is 0 Å². The van der Waals surface area contributed by atoms with E-state index in [9.17, 15) is 35.5 Å². The Balaban J connectivity index is 1.45. The molecule has 203 valence electrons. The Labute approximate surface area is 209 Å². The molecule has 2 N–H and O–H groups in total. The highest BCUT2D eigenvalue weighted by atomic mass is 28.1. The van der Waals surface area contributed by atoms with Crippen molar-refractivity contribution in [1.29, 1.82) is 0 Å². The Morgan fingerprint density at radius 1 is 1.27 bits per heavy atom.